The first-order valence-corrected chi connectivity index (χ1v) is 3.07. The van der Waals surface area contributed by atoms with E-state index in [0.717, 1.165) is 5.56 Å². The molecule has 0 saturated carbocycles. The molecule has 0 atom stereocenters. The maximum atomic E-state index is 10.8. The molecule has 1 heterocycles. The molecule has 0 fully saturated rings. The minimum absolute atomic E-state index is 0.0104. The van der Waals surface area contributed by atoms with E-state index in [1.165, 1.54) is 6.92 Å². The zero-order chi connectivity index (χ0) is 7.72. The van der Waals surface area contributed by atoms with Crippen molar-refractivity contribution >= 4 is 11.6 Å². The molecule has 0 spiro atoms. The average molecular weight is 138 g/mol. The lowest BCUT2D eigenvalue weighted by Crippen LogP contribution is -1.97. The molecule has 0 aliphatic rings. The van der Waals surface area contributed by atoms with Crippen molar-refractivity contribution in [3.63, 3.8) is 0 Å². The number of rotatable bonds is 1. The summed E-state index contributed by atoms with van der Waals surface area (Å²) in [5.74, 6) is 0.473. The van der Waals surface area contributed by atoms with Gasteiger partial charge in [0.1, 0.15) is 5.82 Å². The number of Topliss-reactive ketones (excluding diaryl/α,β-unsaturated/α-hetero) is 1. The number of carbonyl (C=O) groups excluding carboxylic acids is 1. The molecule has 10 heavy (non-hydrogen) atoms. The summed E-state index contributed by atoms with van der Waals surface area (Å²) in [6.45, 7) is 3.36. The first kappa shape index (κ1) is 6.86. The van der Waals surface area contributed by atoms with E-state index < -0.39 is 0 Å². The number of aromatic nitrogens is 1. The number of nitrogen functional groups attached to an aromatic ring is 1. The summed E-state index contributed by atoms with van der Waals surface area (Å²) >= 11 is 0. The molecule has 1 rings (SSSR count). The van der Waals surface area contributed by atoms with Gasteiger partial charge in [-0.15, -0.1) is 0 Å². The molecular formula is C7H10N2O. The van der Waals surface area contributed by atoms with Crippen LogP contribution in [0.15, 0.2) is 6.20 Å². The minimum Gasteiger partial charge on any atom is -0.385 e. The molecule has 0 radical (unpaired) electrons. The number of H-pyrrole nitrogens is 1. The third-order valence-corrected chi connectivity index (χ3v) is 1.46. The lowest BCUT2D eigenvalue weighted by Gasteiger charge is -1.92. The van der Waals surface area contributed by atoms with Gasteiger partial charge in [-0.1, -0.05) is 0 Å². The zero-order valence-electron chi connectivity index (χ0n) is 6.06. The summed E-state index contributed by atoms with van der Waals surface area (Å²) in [6.07, 6.45) is 1.73. The third-order valence-electron chi connectivity index (χ3n) is 1.46. The SMILES string of the molecule is CC(=O)c1c(C)c[nH]c1N. The number of nitrogens with two attached hydrogens (primary N) is 1. The van der Waals surface area contributed by atoms with Crippen molar-refractivity contribution in [2.45, 2.75) is 13.8 Å². The Labute approximate surface area is 59.2 Å². The van der Waals surface area contributed by atoms with E-state index in [4.69, 9.17) is 5.73 Å². The van der Waals surface area contributed by atoms with Crippen LogP contribution in [0.25, 0.3) is 0 Å². The molecule has 0 bridgehead atoms. The second-order valence-electron chi connectivity index (χ2n) is 2.32. The van der Waals surface area contributed by atoms with Gasteiger partial charge >= 0.3 is 0 Å². The normalized spacial score (nSPS) is 9.80. The van der Waals surface area contributed by atoms with Crippen molar-refractivity contribution in [1.29, 1.82) is 0 Å². The molecule has 0 aliphatic heterocycles. The second-order valence-corrected chi connectivity index (χ2v) is 2.32. The topological polar surface area (TPSA) is 58.9 Å². The van der Waals surface area contributed by atoms with E-state index in [0.29, 0.717) is 11.4 Å². The van der Waals surface area contributed by atoms with Gasteiger partial charge in [-0.3, -0.25) is 4.79 Å². The van der Waals surface area contributed by atoms with Gasteiger partial charge in [-0.2, -0.15) is 0 Å². The van der Waals surface area contributed by atoms with Gasteiger partial charge in [0.05, 0.1) is 5.56 Å². The monoisotopic (exact) mass is 138 g/mol. The van der Waals surface area contributed by atoms with Crippen LogP contribution in [0, 0.1) is 6.92 Å². The van der Waals surface area contributed by atoms with Crippen molar-refractivity contribution in [2.24, 2.45) is 0 Å². The van der Waals surface area contributed by atoms with E-state index in [2.05, 4.69) is 4.98 Å². The summed E-state index contributed by atoms with van der Waals surface area (Å²) in [5.41, 5.74) is 6.98. The number of hydrogen-bond acceptors (Lipinski definition) is 2. The minimum atomic E-state index is 0.0104. The van der Waals surface area contributed by atoms with E-state index in [9.17, 15) is 4.79 Å². The predicted molar refractivity (Wildman–Crippen MR) is 39.9 cm³/mol. The van der Waals surface area contributed by atoms with E-state index in [1.807, 2.05) is 6.92 Å². The molecule has 1 aromatic heterocycles. The Morgan fingerprint density at radius 1 is 1.70 bits per heavy atom. The fraction of sp³-hybridized carbons (Fsp3) is 0.286. The summed E-state index contributed by atoms with van der Waals surface area (Å²) < 4.78 is 0. The van der Waals surface area contributed by atoms with Crippen molar-refractivity contribution in [3.8, 4) is 0 Å². The lowest BCUT2D eigenvalue weighted by atomic mass is 10.1. The Morgan fingerprint density at radius 3 is 2.50 bits per heavy atom. The molecular weight excluding hydrogens is 128 g/mol. The van der Waals surface area contributed by atoms with Crippen molar-refractivity contribution in [2.75, 3.05) is 5.73 Å². The molecule has 0 saturated heterocycles. The van der Waals surface area contributed by atoms with Crippen LogP contribution >= 0.6 is 0 Å². The Hall–Kier alpha value is -1.25. The molecule has 54 valence electrons. The Morgan fingerprint density at radius 2 is 2.30 bits per heavy atom. The van der Waals surface area contributed by atoms with E-state index in [-0.39, 0.29) is 5.78 Å². The van der Waals surface area contributed by atoms with Gasteiger partial charge in [0.2, 0.25) is 0 Å². The number of hydrogen-bond donors (Lipinski definition) is 2. The highest BCUT2D eigenvalue weighted by molar-refractivity contribution is 5.99. The predicted octanol–water partition coefficient (Wildman–Crippen LogP) is 1.11. The molecule has 1 aromatic rings. The van der Waals surface area contributed by atoms with Crippen LogP contribution in [-0.2, 0) is 0 Å². The van der Waals surface area contributed by atoms with Gasteiger partial charge in [-0.05, 0) is 19.4 Å². The van der Waals surface area contributed by atoms with Gasteiger partial charge in [0.25, 0.3) is 0 Å². The van der Waals surface area contributed by atoms with Crippen LogP contribution in [0.3, 0.4) is 0 Å². The standard InChI is InChI=1S/C7H10N2O/c1-4-3-9-7(8)6(4)5(2)10/h3,9H,8H2,1-2H3. The highest BCUT2D eigenvalue weighted by Gasteiger charge is 2.08. The smallest absolute Gasteiger partial charge is 0.163 e. The highest BCUT2D eigenvalue weighted by atomic mass is 16.1. The molecule has 3 nitrogen and oxygen atoms in total. The van der Waals surface area contributed by atoms with Crippen LogP contribution in [0.2, 0.25) is 0 Å². The molecule has 0 aliphatic carbocycles. The third kappa shape index (κ3) is 0.900. The molecule has 3 heteroatoms. The Balaban J connectivity index is 3.23. The molecule has 0 unspecified atom stereocenters. The van der Waals surface area contributed by atoms with Crippen molar-refractivity contribution < 1.29 is 4.79 Å². The number of carbonyl (C=O) groups is 1. The largest absolute Gasteiger partial charge is 0.385 e. The maximum absolute atomic E-state index is 10.8. The molecule has 0 aromatic carbocycles. The first-order chi connectivity index (χ1) is 4.63. The summed E-state index contributed by atoms with van der Waals surface area (Å²) in [5, 5.41) is 0. The number of aromatic amines is 1. The number of anilines is 1. The maximum Gasteiger partial charge on any atom is 0.163 e. The zero-order valence-corrected chi connectivity index (χ0v) is 6.06. The summed E-state index contributed by atoms with van der Waals surface area (Å²) in [4.78, 5) is 13.6. The highest BCUT2D eigenvalue weighted by Crippen LogP contribution is 2.14. The number of aryl methyl sites for hydroxylation is 1. The number of ketones is 1. The average Bonchev–Trinajstić information content (AvgIpc) is 2.11. The Kier molecular flexibility index (Phi) is 1.49. The Bertz CT molecular complexity index is 243. The second kappa shape index (κ2) is 2.17. The fourth-order valence-corrected chi connectivity index (χ4v) is 1.01. The van der Waals surface area contributed by atoms with Crippen LogP contribution in [0.5, 0.6) is 0 Å². The van der Waals surface area contributed by atoms with E-state index >= 15 is 0 Å². The van der Waals surface area contributed by atoms with E-state index in [1.54, 1.807) is 6.20 Å². The molecule has 3 N–H and O–H groups in total. The summed E-state index contributed by atoms with van der Waals surface area (Å²) in [6, 6.07) is 0. The van der Waals surface area contributed by atoms with Gasteiger partial charge in [0.15, 0.2) is 5.78 Å². The summed E-state index contributed by atoms with van der Waals surface area (Å²) in [7, 11) is 0. The van der Waals surface area contributed by atoms with Gasteiger partial charge < -0.3 is 10.7 Å². The van der Waals surface area contributed by atoms with Crippen molar-refractivity contribution in [1.82, 2.24) is 4.98 Å². The first-order valence-electron chi connectivity index (χ1n) is 3.07. The molecule has 0 amide bonds. The van der Waals surface area contributed by atoms with Gasteiger partial charge in [0, 0.05) is 6.20 Å². The lowest BCUT2D eigenvalue weighted by molar-refractivity contribution is 0.101. The van der Waals surface area contributed by atoms with Crippen LogP contribution in [-0.4, -0.2) is 10.8 Å². The van der Waals surface area contributed by atoms with Crippen LogP contribution in [0.4, 0.5) is 5.82 Å². The fourth-order valence-electron chi connectivity index (χ4n) is 1.01. The number of nitrogens with one attached hydrogen (secondary N) is 1. The van der Waals surface area contributed by atoms with Gasteiger partial charge in [-0.25, -0.2) is 0 Å². The quantitative estimate of drug-likeness (QED) is 0.571. The van der Waals surface area contributed by atoms with Crippen LogP contribution in [0.1, 0.15) is 22.8 Å². The van der Waals surface area contributed by atoms with Crippen LogP contribution < -0.4 is 5.73 Å². The van der Waals surface area contributed by atoms with Crippen molar-refractivity contribution in [3.05, 3.63) is 17.3 Å².